The minimum Gasteiger partial charge on any atom is -0.330 e. The lowest BCUT2D eigenvalue weighted by molar-refractivity contribution is 0.683. The van der Waals surface area contributed by atoms with Crippen molar-refractivity contribution in [3.8, 4) is 0 Å². The third-order valence-corrected chi connectivity index (χ3v) is 2.21. The number of rotatable bonds is 3. The van der Waals surface area contributed by atoms with Crippen molar-refractivity contribution >= 4 is 0 Å². The van der Waals surface area contributed by atoms with Gasteiger partial charge in [0.25, 0.3) is 0 Å². The minimum absolute atomic E-state index is 0.531. The summed E-state index contributed by atoms with van der Waals surface area (Å²) in [5.74, 6) is 0.531. The van der Waals surface area contributed by atoms with Gasteiger partial charge in [-0.25, -0.2) is 0 Å². The largest absolute Gasteiger partial charge is 0.330 e. The molecule has 0 radical (unpaired) electrons. The van der Waals surface area contributed by atoms with Gasteiger partial charge in [-0.2, -0.15) is 0 Å². The van der Waals surface area contributed by atoms with Gasteiger partial charge in [0.2, 0.25) is 0 Å². The molecular formula is C10H16N2. The first-order valence-electron chi connectivity index (χ1n) is 4.36. The predicted octanol–water partition coefficient (Wildman–Crippen LogP) is 1.84. The lowest BCUT2D eigenvalue weighted by Gasteiger charge is -2.12. The molecule has 1 atom stereocenters. The lowest BCUT2D eigenvalue weighted by Crippen LogP contribution is -2.05. The molecule has 1 heterocycles. The topological polar surface area (TPSA) is 38.9 Å². The molecule has 0 aliphatic heterocycles. The van der Waals surface area contributed by atoms with Gasteiger partial charge in [0, 0.05) is 12.4 Å². The Morgan fingerprint density at radius 2 is 2.33 bits per heavy atom. The minimum atomic E-state index is 0.531. The van der Waals surface area contributed by atoms with Gasteiger partial charge < -0.3 is 5.73 Å². The highest BCUT2D eigenvalue weighted by atomic mass is 14.6. The molecule has 2 N–H and O–H groups in total. The fourth-order valence-corrected chi connectivity index (χ4v) is 1.40. The van der Waals surface area contributed by atoms with Gasteiger partial charge in [0.05, 0.1) is 0 Å². The van der Waals surface area contributed by atoms with Gasteiger partial charge >= 0.3 is 0 Å². The van der Waals surface area contributed by atoms with Crippen molar-refractivity contribution in [3.63, 3.8) is 0 Å². The van der Waals surface area contributed by atoms with Crippen LogP contribution in [-0.4, -0.2) is 11.5 Å². The summed E-state index contributed by atoms with van der Waals surface area (Å²) in [6.45, 7) is 5.05. The zero-order valence-corrected chi connectivity index (χ0v) is 7.75. The van der Waals surface area contributed by atoms with Crippen LogP contribution in [0.15, 0.2) is 18.5 Å². The average Bonchev–Trinajstić information content (AvgIpc) is 2.05. The van der Waals surface area contributed by atoms with Gasteiger partial charge in [-0.15, -0.1) is 0 Å². The molecule has 12 heavy (non-hydrogen) atoms. The van der Waals surface area contributed by atoms with Gasteiger partial charge in [0.15, 0.2) is 0 Å². The van der Waals surface area contributed by atoms with E-state index in [1.165, 1.54) is 11.1 Å². The first-order chi connectivity index (χ1) is 5.75. The zero-order valence-electron chi connectivity index (χ0n) is 7.75. The summed E-state index contributed by atoms with van der Waals surface area (Å²) < 4.78 is 0. The number of pyridine rings is 1. The van der Waals surface area contributed by atoms with Crippen LogP contribution in [0, 0.1) is 6.92 Å². The molecule has 0 aromatic carbocycles. The van der Waals surface area contributed by atoms with E-state index in [2.05, 4.69) is 18.8 Å². The summed E-state index contributed by atoms with van der Waals surface area (Å²) in [6, 6.07) is 2.04. The Labute approximate surface area is 73.8 Å². The molecule has 2 nitrogen and oxygen atoms in total. The molecular weight excluding hydrogens is 148 g/mol. The Morgan fingerprint density at radius 1 is 1.58 bits per heavy atom. The first-order valence-corrected chi connectivity index (χ1v) is 4.36. The number of hydrogen-bond acceptors (Lipinski definition) is 2. The Kier molecular flexibility index (Phi) is 3.23. The number of hydrogen-bond donors (Lipinski definition) is 1. The smallest absolute Gasteiger partial charge is 0.0305 e. The van der Waals surface area contributed by atoms with E-state index in [1.54, 1.807) is 0 Å². The van der Waals surface area contributed by atoms with Gasteiger partial charge in [-0.05, 0) is 43.0 Å². The third kappa shape index (κ3) is 2.05. The maximum absolute atomic E-state index is 5.50. The fourth-order valence-electron chi connectivity index (χ4n) is 1.40. The fraction of sp³-hybridized carbons (Fsp3) is 0.500. The molecule has 1 aromatic heterocycles. The quantitative estimate of drug-likeness (QED) is 0.740. The Morgan fingerprint density at radius 3 is 2.92 bits per heavy atom. The molecule has 0 saturated heterocycles. The second-order valence-electron chi connectivity index (χ2n) is 3.21. The van der Waals surface area contributed by atoms with Crippen LogP contribution in [0.4, 0.5) is 0 Å². The molecule has 2 heteroatoms. The number of nitrogens with zero attached hydrogens (tertiary/aromatic N) is 1. The average molecular weight is 164 g/mol. The van der Waals surface area contributed by atoms with Crippen molar-refractivity contribution in [3.05, 3.63) is 29.6 Å². The van der Waals surface area contributed by atoms with Crippen LogP contribution in [-0.2, 0) is 0 Å². The Balaban J connectivity index is 2.79. The summed E-state index contributed by atoms with van der Waals surface area (Å²) in [6.07, 6.45) is 4.80. The van der Waals surface area contributed by atoms with Crippen LogP contribution in [0.1, 0.15) is 30.4 Å². The predicted molar refractivity (Wildman–Crippen MR) is 51.1 cm³/mol. The molecule has 1 aromatic rings. The van der Waals surface area contributed by atoms with E-state index in [4.69, 9.17) is 5.73 Å². The van der Waals surface area contributed by atoms with Crippen LogP contribution in [0.5, 0.6) is 0 Å². The molecule has 66 valence electrons. The summed E-state index contributed by atoms with van der Waals surface area (Å²) >= 11 is 0. The van der Waals surface area contributed by atoms with E-state index < -0.39 is 0 Å². The molecule has 0 spiro atoms. The summed E-state index contributed by atoms with van der Waals surface area (Å²) in [4.78, 5) is 4.11. The highest BCUT2D eigenvalue weighted by Gasteiger charge is 2.06. The van der Waals surface area contributed by atoms with Gasteiger partial charge in [-0.3, -0.25) is 4.98 Å². The second kappa shape index (κ2) is 4.21. The summed E-state index contributed by atoms with van der Waals surface area (Å²) in [5.41, 5.74) is 8.13. The molecule has 0 aliphatic rings. The van der Waals surface area contributed by atoms with E-state index >= 15 is 0 Å². The lowest BCUT2D eigenvalue weighted by atomic mass is 9.96. The highest BCUT2D eigenvalue weighted by Crippen LogP contribution is 2.20. The van der Waals surface area contributed by atoms with Gasteiger partial charge in [0.1, 0.15) is 0 Å². The van der Waals surface area contributed by atoms with Crippen molar-refractivity contribution in [2.24, 2.45) is 5.73 Å². The van der Waals surface area contributed by atoms with Crippen molar-refractivity contribution in [2.45, 2.75) is 26.2 Å². The maximum Gasteiger partial charge on any atom is 0.0305 e. The summed E-state index contributed by atoms with van der Waals surface area (Å²) in [7, 11) is 0. The van der Waals surface area contributed by atoms with Crippen molar-refractivity contribution in [1.29, 1.82) is 0 Å². The number of nitrogens with two attached hydrogens (primary N) is 1. The second-order valence-corrected chi connectivity index (χ2v) is 3.21. The van der Waals surface area contributed by atoms with Crippen LogP contribution >= 0.6 is 0 Å². The van der Waals surface area contributed by atoms with Crippen LogP contribution in [0.25, 0.3) is 0 Å². The first kappa shape index (κ1) is 9.20. The standard InChI is InChI=1S/C10H16N2/c1-8(3-5-11)10-7-12-6-4-9(10)2/h4,6-8H,3,5,11H2,1-2H3. The van der Waals surface area contributed by atoms with Crippen molar-refractivity contribution in [1.82, 2.24) is 4.98 Å². The molecule has 0 bridgehead atoms. The van der Waals surface area contributed by atoms with Crippen molar-refractivity contribution < 1.29 is 0 Å². The highest BCUT2D eigenvalue weighted by molar-refractivity contribution is 5.24. The molecule has 0 fully saturated rings. The molecule has 0 amide bonds. The van der Waals surface area contributed by atoms with E-state index in [-0.39, 0.29) is 0 Å². The van der Waals surface area contributed by atoms with Crippen LogP contribution in [0.2, 0.25) is 0 Å². The SMILES string of the molecule is Cc1ccncc1C(C)CCN. The normalized spacial score (nSPS) is 12.9. The molecule has 1 rings (SSSR count). The zero-order chi connectivity index (χ0) is 8.97. The van der Waals surface area contributed by atoms with Crippen LogP contribution in [0.3, 0.4) is 0 Å². The Bertz CT molecular complexity index is 245. The number of aromatic nitrogens is 1. The molecule has 0 aliphatic carbocycles. The molecule has 1 unspecified atom stereocenters. The van der Waals surface area contributed by atoms with E-state index in [1.807, 2.05) is 18.5 Å². The van der Waals surface area contributed by atoms with E-state index in [9.17, 15) is 0 Å². The van der Waals surface area contributed by atoms with E-state index in [0.717, 1.165) is 13.0 Å². The van der Waals surface area contributed by atoms with E-state index in [0.29, 0.717) is 5.92 Å². The number of aryl methyl sites for hydroxylation is 1. The monoisotopic (exact) mass is 164 g/mol. The Hall–Kier alpha value is -0.890. The maximum atomic E-state index is 5.50. The van der Waals surface area contributed by atoms with Crippen molar-refractivity contribution in [2.75, 3.05) is 6.54 Å². The van der Waals surface area contributed by atoms with Gasteiger partial charge in [-0.1, -0.05) is 6.92 Å². The third-order valence-electron chi connectivity index (χ3n) is 2.21. The van der Waals surface area contributed by atoms with Crippen LogP contribution < -0.4 is 5.73 Å². The summed E-state index contributed by atoms with van der Waals surface area (Å²) in [5, 5.41) is 0. The molecule has 0 saturated carbocycles.